The van der Waals surface area contributed by atoms with Gasteiger partial charge in [0, 0.05) is 13.0 Å². The second-order valence-corrected chi connectivity index (χ2v) is 4.64. The van der Waals surface area contributed by atoms with Crippen molar-refractivity contribution in [3.05, 3.63) is 23.7 Å². The van der Waals surface area contributed by atoms with Gasteiger partial charge in [-0.1, -0.05) is 0 Å². The van der Waals surface area contributed by atoms with Crippen LogP contribution in [0.3, 0.4) is 0 Å². The molecule has 0 radical (unpaired) electrons. The summed E-state index contributed by atoms with van der Waals surface area (Å²) in [6.45, 7) is 3.44. The molecule has 0 bridgehead atoms. The molecule has 1 aromatic heterocycles. The van der Waals surface area contributed by atoms with E-state index in [9.17, 15) is 0 Å². The van der Waals surface area contributed by atoms with Crippen LogP contribution in [0.5, 0.6) is 0 Å². The van der Waals surface area contributed by atoms with Gasteiger partial charge < -0.3 is 19.2 Å². The summed E-state index contributed by atoms with van der Waals surface area (Å²) in [5, 5.41) is 3.32. The summed E-state index contributed by atoms with van der Waals surface area (Å²) in [6.07, 6.45) is 1.43. The third-order valence-corrected chi connectivity index (χ3v) is 3.29. The van der Waals surface area contributed by atoms with E-state index in [0.717, 1.165) is 24.5 Å². The van der Waals surface area contributed by atoms with Gasteiger partial charge >= 0.3 is 0 Å². The van der Waals surface area contributed by atoms with Crippen molar-refractivity contribution in [2.45, 2.75) is 32.1 Å². The molecular weight excluding hydrogens is 218 g/mol. The van der Waals surface area contributed by atoms with Gasteiger partial charge in [0.15, 0.2) is 0 Å². The normalized spacial score (nSPS) is 26.3. The standard InChI is InChI=1S/C13H21NO3/c1-9-6-10(7-16-9)13(14-2)12-5-4-11(17-12)8-15-3/h4-5,9-10,13-14H,6-8H2,1-3H3. The first-order valence-corrected chi connectivity index (χ1v) is 6.11. The Labute approximate surface area is 102 Å². The van der Waals surface area contributed by atoms with Crippen molar-refractivity contribution in [3.8, 4) is 0 Å². The topological polar surface area (TPSA) is 43.6 Å². The predicted octanol–water partition coefficient (Wildman–Crippen LogP) is 2.11. The number of rotatable bonds is 5. The number of methoxy groups -OCH3 is 1. The van der Waals surface area contributed by atoms with Gasteiger partial charge in [-0.05, 0) is 32.5 Å². The lowest BCUT2D eigenvalue weighted by Gasteiger charge is -2.19. The molecule has 1 fully saturated rings. The van der Waals surface area contributed by atoms with Crippen LogP contribution in [0.25, 0.3) is 0 Å². The van der Waals surface area contributed by atoms with Gasteiger partial charge in [0.2, 0.25) is 0 Å². The summed E-state index contributed by atoms with van der Waals surface area (Å²) in [5.41, 5.74) is 0. The van der Waals surface area contributed by atoms with Crippen LogP contribution in [-0.2, 0) is 16.1 Å². The predicted molar refractivity (Wildman–Crippen MR) is 64.7 cm³/mol. The number of nitrogens with one attached hydrogen (secondary N) is 1. The fraction of sp³-hybridized carbons (Fsp3) is 0.692. The molecule has 0 aliphatic carbocycles. The number of ether oxygens (including phenoxy) is 2. The summed E-state index contributed by atoms with van der Waals surface area (Å²) < 4.78 is 16.5. The minimum absolute atomic E-state index is 0.227. The Hall–Kier alpha value is -0.840. The molecule has 4 nitrogen and oxygen atoms in total. The first-order valence-electron chi connectivity index (χ1n) is 6.11. The summed E-state index contributed by atoms with van der Waals surface area (Å²) in [7, 11) is 3.64. The van der Waals surface area contributed by atoms with Gasteiger partial charge in [-0.3, -0.25) is 0 Å². The summed E-state index contributed by atoms with van der Waals surface area (Å²) in [5.74, 6) is 2.33. The summed E-state index contributed by atoms with van der Waals surface area (Å²) >= 11 is 0. The molecule has 1 saturated heterocycles. The molecule has 3 atom stereocenters. The second-order valence-electron chi connectivity index (χ2n) is 4.64. The quantitative estimate of drug-likeness (QED) is 0.854. The highest BCUT2D eigenvalue weighted by Gasteiger charge is 2.31. The smallest absolute Gasteiger partial charge is 0.129 e. The maximum Gasteiger partial charge on any atom is 0.129 e. The monoisotopic (exact) mass is 239 g/mol. The van der Waals surface area contributed by atoms with E-state index < -0.39 is 0 Å². The Bertz CT molecular complexity index is 350. The molecule has 1 aliphatic rings. The number of hydrogen-bond donors (Lipinski definition) is 1. The number of hydrogen-bond acceptors (Lipinski definition) is 4. The van der Waals surface area contributed by atoms with Crippen molar-refractivity contribution in [3.63, 3.8) is 0 Å². The van der Waals surface area contributed by atoms with Crippen LogP contribution in [0.15, 0.2) is 16.5 Å². The fourth-order valence-corrected chi connectivity index (χ4v) is 2.47. The highest BCUT2D eigenvalue weighted by molar-refractivity contribution is 5.12. The molecule has 4 heteroatoms. The lowest BCUT2D eigenvalue weighted by Crippen LogP contribution is -2.25. The van der Waals surface area contributed by atoms with Gasteiger partial charge in [-0.2, -0.15) is 0 Å². The average molecular weight is 239 g/mol. The maximum absolute atomic E-state index is 5.78. The molecule has 17 heavy (non-hydrogen) atoms. The van der Waals surface area contributed by atoms with Crippen molar-refractivity contribution in [2.24, 2.45) is 5.92 Å². The molecule has 1 aliphatic heterocycles. The minimum Gasteiger partial charge on any atom is -0.462 e. The zero-order chi connectivity index (χ0) is 12.3. The van der Waals surface area contributed by atoms with E-state index in [1.165, 1.54) is 0 Å². The second kappa shape index (κ2) is 5.67. The van der Waals surface area contributed by atoms with Crippen molar-refractivity contribution in [1.82, 2.24) is 5.32 Å². The molecule has 1 N–H and O–H groups in total. The zero-order valence-corrected chi connectivity index (χ0v) is 10.7. The van der Waals surface area contributed by atoms with Gasteiger partial charge in [-0.15, -0.1) is 0 Å². The van der Waals surface area contributed by atoms with Gasteiger partial charge in [0.25, 0.3) is 0 Å². The maximum atomic E-state index is 5.78. The molecule has 2 heterocycles. The molecular formula is C13H21NO3. The van der Waals surface area contributed by atoms with Crippen molar-refractivity contribution in [1.29, 1.82) is 0 Å². The first kappa shape index (κ1) is 12.6. The van der Waals surface area contributed by atoms with E-state index in [2.05, 4.69) is 12.2 Å². The highest BCUT2D eigenvalue weighted by Crippen LogP contribution is 2.32. The van der Waals surface area contributed by atoms with Crippen molar-refractivity contribution >= 4 is 0 Å². The molecule has 0 spiro atoms. The minimum atomic E-state index is 0.227. The van der Waals surface area contributed by atoms with Crippen molar-refractivity contribution < 1.29 is 13.9 Å². The largest absolute Gasteiger partial charge is 0.462 e. The molecule has 0 aromatic carbocycles. The van der Waals surface area contributed by atoms with E-state index in [0.29, 0.717) is 18.6 Å². The van der Waals surface area contributed by atoms with E-state index >= 15 is 0 Å². The third-order valence-electron chi connectivity index (χ3n) is 3.29. The zero-order valence-electron chi connectivity index (χ0n) is 10.7. The Kier molecular flexibility index (Phi) is 4.20. The Balaban J connectivity index is 2.06. The van der Waals surface area contributed by atoms with E-state index in [1.54, 1.807) is 7.11 Å². The lowest BCUT2D eigenvalue weighted by molar-refractivity contribution is 0.115. The average Bonchev–Trinajstić information content (AvgIpc) is 2.91. The van der Waals surface area contributed by atoms with Crippen LogP contribution in [0.2, 0.25) is 0 Å². The van der Waals surface area contributed by atoms with E-state index in [4.69, 9.17) is 13.9 Å². The molecule has 0 amide bonds. The lowest BCUT2D eigenvalue weighted by atomic mass is 9.95. The number of furan rings is 1. The van der Waals surface area contributed by atoms with Crippen LogP contribution in [0, 0.1) is 5.92 Å². The highest BCUT2D eigenvalue weighted by atomic mass is 16.5. The summed E-state index contributed by atoms with van der Waals surface area (Å²) in [6, 6.07) is 4.23. The Morgan fingerprint density at radius 2 is 2.35 bits per heavy atom. The van der Waals surface area contributed by atoms with E-state index in [1.807, 2.05) is 19.2 Å². The summed E-state index contributed by atoms with van der Waals surface area (Å²) in [4.78, 5) is 0. The van der Waals surface area contributed by atoms with E-state index in [-0.39, 0.29) is 6.04 Å². The van der Waals surface area contributed by atoms with Crippen LogP contribution in [-0.4, -0.2) is 26.9 Å². The van der Waals surface area contributed by atoms with Crippen LogP contribution in [0.1, 0.15) is 30.9 Å². The van der Waals surface area contributed by atoms with Crippen LogP contribution >= 0.6 is 0 Å². The Morgan fingerprint density at radius 1 is 1.53 bits per heavy atom. The molecule has 3 unspecified atom stereocenters. The van der Waals surface area contributed by atoms with Crippen molar-refractivity contribution in [2.75, 3.05) is 20.8 Å². The molecule has 0 saturated carbocycles. The van der Waals surface area contributed by atoms with Crippen LogP contribution < -0.4 is 5.32 Å². The fourth-order valence-electron chi connectivity index (χ4n) is 2.47. The van der Waals surface area contributed by atoms with Crippen LogP contribution in [0.4, 0.5) is 0 Å². The SMILES string of the molecule is CNC(c1ccc(COC)o1)C1COC(C)C1. The first-order chi connectivity index (χ1) is 8.24. The Morgan fingerprint density at radius 3 is 2.94 bits per heavy atom. The van der Waals surface area contributed by atoms with Gasteiger partial charge in [-0.25, -0.2) is 0 Å². The molecule has 1 aromatic rings. The van der Waals surface area contributed by atoms with Gasteiger partial charge in [0.05, 0.1) is 18.8 Å². The molecule has 2 rings (SSSR count). The molecule has 96 valence electrons. The van der Waals surface area contributed by atoms with Gasteiger partial charge in [0.1, 0.15) is 18.1 Å². The third kappa shape index (κ3) is 2.89.